The Morgan fingerprint density at radius 1 is 1.06 bits per heavy atom. The average Bonchev–Trinajstić information content (AvgIpc) is 2.29. The molecule has 0 saturated carbocycles. The summed E-state index contributed by atoms with van der Waals surface area (Å²) in [5.41, 5.74) is 2.55. The zero-order valence-electron chi connectivity index (χ0n) is 9.04. The fourth-order valence-electron chi connectivity index (χ4n) is 1.66. The summed E-state index contributed by atoms with van der Waals surface area (Å²) in [6.07, 6.45) is 0.959. The highest BCUT2D eigenvalue weighted by Crippen LogP contribution is 2.28. The molecule has 0 heterocycles. The van der Waals surface area contributed by atoms with E-state index in [9.17, 15) is 0 Å². The van der Waals surface area contributed by atoms with E-state index < -0.39 is 0 Å². The first-order valence-corrected chi connectivity index (χ1v) is 7.38. The van der Waals surface area contributed by atoms with Crippen molar-refractivity contribution < 1.29 is 0 Å². The second-order valence-electron chi connectivity index (χ2n) is 3.85. The van der Waals surface area contributed by atoms with Gasteiger partial charge in [0.2, 0.25) is 0 Å². The average molecular weight is 375 g/mol. The van der Waals surface area contributed by atoms with Gasteiger partial charge in [-0.2, -0.15) is 0 Å². The lowest BCUT2D eigenvalue weighted by Crippen LogP contribution is -1.95. The summed E-state index contributed by atoms with van der Waals surface area (Å²) in [4.78, 5) is 0.314. The molecule has 0 nitrogen and oxygen atoms in total. The van der Waals surface area contributed by atoms with Gasteiger partial charge in [-0.25, -0.2) is 0 Å². The molecule has 0 aliphatic heterocycles. The van der Waals surface area contributed by atoms with E-state index in [1.54, 1.807) is 0 Å². The highest BCUT2D eigenvalue weighted by molar-refractivity contribution is 9.10. The Morgan fingerprint density at radius 2 is 1.76 bits per heavy atom. The number of alkyl halides is 1. The zero-order chi connectivity index (χ0) is 12.3. The Bertz CT molecular complexity index is 494. The van der Waals surface area contributed by atoms with E-state index >= 15 is 0 Å². The van der Waals surface area contributed by atoms with Crippen LogP contribution < -0.4 is 0 Å². The van der Waals surface area contributed by atoms with Crippen molar-refractivity contribution in [1.82, 2.24) is 0 Å². The molecule has 17 heavy (non-hydrogen) atoms. The summed E-state index contributed by atoms with van der Waals surface area (Å²) in [7, 11) is 0. The van der Waals surface area contributed by atoms with Crippen LogP contribution in [-0.4, -0.2) is 0 Å². The molecule has 0 N–H and O–H groups in total. The lowest BCUT2D eigenvalue weighted by Gasteiger charge is -2.10. The Kier molecular flexibility index (Phi) is 4.66. The minimum Gasteiger partial charge on any atom is -0.0843 e. The second kappa shape index (κ2) is 6.03. The fourth-order valence-corrected chi connectivity index (χ4v) is 2.91. The smallest absolute Gasteiger partial charge is 0.0435 e. The van der Waals surface area contributed by atoms with Crippen molar-refractivity contribution in [3.05, 3.63) is 69.2 Å². The Balaban J connectivity index is 2.11. The van der Waals surface area contributed by atoms with Crippen molar-refractivity contribution in [3.63, 3.8) is 0 Å². The van der Waals surface area contributed by atoms with Crippen LogP contribution in [0.3, 0.4) is 0 Å². The van der Waals surface area contributed by atoms with E-state index in [2.05, 4.69) is 62.2 Å². The maximum absolute atomic E-state index is 5.88. The van der Waals surface area contributed by atoms with Crippen LogP contribution in [0.5, 0.6) is 0 Å². The molecule has 2 rings (SSSR count). The summed E-state index contributed by atoms with van der Waals surface area (Å²) in [5.74, 6) is 0. The first-order valence-electron chi connectivity index (χ1n) is 5.29. The maximum atomic E-state index is 5.88. The van der Waals surface area contributed by atoms with Crippen LogP contribution in [-0.2, 0) is 6.42 Å². The Labute approximate surface area is 123 Å². The first-order chi connectivity index (χ1) is 8.15. The van der Waals surface area contributed by atoms with Crippen LogP contribution in [0.1, 0.15) is 16.0 Å². The summed E-state index contributed by atoms with van der Waals surface area (Å²) in [6, 6.07) is 16.3. The molecule has 0 fully saturated rings. The topological polar surface area (TPSA) is 0 Å². The molecule has 1 atom stereocenters. The maximum Gasteiger partial charge on any atom is 0.0435 e. The lowest BCUT2D eigenvalue weighted by atomic mass is 10.0. The second-order valence-corrected chi connectivity index (χ2v) is 6.31. The molecule has 1 unspecified atom stereocenters. The molecule has 0 amide bonds. The predicted molar refractivity (Wildman–Crippen MR) is 81.0 cm³/mol. The van der Waals surface area contributed by atoms with Gasteiger partial charge in [0.05, 0.1) is 0 Å². The summed E-state index contributed by atoms with van der Waals surface area (Å²) >= 11 is 13.1. The van der Waals surface area contributed by atoms with Crippen molar-refractivity contribution in [2.75, 3.05) is 0 Å². The van der Waals surface area contributed by atoms with E-state index in [-0.39, 0.29) is 0 Å². The molecule has 2 aromatic rings. The molecular formula is C14H11Br2Cl. The predicted octanol–water partition coefficient (Wildman–Crippen LogP) is 5.78. The molecule has 0 spiro atoms. The Hall–Kier alpha value is -0.310. The van der Waals surface area contributed by atoms with Gasteiger partial charge in [-0.1, -0.05) is 67.7 Å². The van der Waals surface area contributed by atoms with Gasteiger partial charge in [-0.3, -0.25) is 0 Å². The van der Waals surface area contributed by atoms with Gasteiger partial charge in [-0.05, 0) is 41.8 Å². The lowest BCUT2D eigenvalue weighted by molar-refractivity contribution is 0.948. The highest BCUT2D eigenvalue weighted by Gasteiger charge is 2.08. The number of benzene rings is 2. The molecule has 0 aromatic heterocycles. The standard InChI is InChI=1S/C14H11Br2Cl/c15-12-3-1-2-10(8-12)9-14(16)11-4-6-13(17)7-5-11/h1-8,14H,9H2. The van der Waals surface area contributed by atoms with Gasteiger partial charge in [-0.15, -0.1) is 0 Å². The molecule has 0 saturated heterocycles. The SMILES string of the molecule is Clc1ccc(C(Br)Cc2cccc(Br)c2)cc1. The molecule has 0 aliphatic rings. The molecule has 3 heteroatoms. The van der Waals surface area contributed by atoms with Gasteiger partial charge in [0.25, 0.3) is 0 Å². The van der Waals surface area contributed by atoms with Gasteiger partial charge in [0.15, 0.2) is 0 Å². The fraction of sp³-hybridized carbons (Fsp3) is 0.143. The summed E-state index contributed by atoms with van der Waals surface area (Å²) in [5, 5.41) is 0.774. The Morgan fingerprint density at radius 3 is 2.41 bits per heavy atom. The van der Waals surface area contributed by atoms with Crippen molar-refractivity contribution >= 4 is 43.5 Å². The largest absolute Gasteiger partial charge is 0.0843 e. The van der Waals surface area contributed by atoms with Gasteiger partial charge < -0.3 is 0 Å². The van der Waals surface area contributed by atoms with E-state index in [0.29, 0.717) is 4.83 Å². The van der Waals surface area contributed by atoms with Crippen molar-refractivity contribution in [2.45, 2.75) is 11.2 Å². The van der Waals surface area contributed by atoms with Crippen molar-refractivity contribution in [2.24, 2.45) is 0 Å². The van der Waals surface area contributed by atoms with Crippen LogP contribution in [0.4, 0.5) is 0 Å². The van der Waals surface area contributed by atoms with Gasteiger partial charge in [0, 0.05) is 14.3 Å². The third-order valence-corrected chi connectivity index (χ3v) is 4.13. The van der Waals surface area contributed by atoms with Crippen molar-refractivity contribution in [3.8, 4) is 0 Å². The van der Waals surface area contributed by atoms with Crippen molar-refractivity contribution in [1.29, 1.82) is 0 Å². The minimum absolute atomic E-state index is 0.314. The molecule has 0 radical (unpaired) electrons. The number of hydrogen-bond donors (Lipinski definition) is 0. The third kappa shape index (κ3) is 3.84. The zero-order valence-corrected chi connectivity index (χ0v) is 13.0. The number of hydrogen-bond acceptors (Lipinski definition) is 0. The van der Waals surface area contributed by atoms with E-state index in [1.165, 1.54) is 11.1 Å². The van der Waals surface area contributed by atoms with E-state index in [1.807, 2.05) is 18.2 Å². The van der Waals surface area contributed by atoms with Crippen LogP contribution in [0.2, 0.25) is 5.02 Å². The van der Waals surface area contributed by atoms with E-state index in [0.717, 1.165) is 15.9 Å². The third-order valence-electron chi connectivity index (χ3n) is 2.54. The first kappa shape index (κ1) is 13.1. The number of halogens is 3. The van der Waals surface area contributed by atoms with Crippen LogP contribution >= 0.6 is 43.5 Å². The van der Waals surface area contributed by atoms with Gasteiger partial charge >= 0.3 is 0 Å². The summed E-state index contributed by atoms with van der Waals surface area (Å²) in [6.45, 7) is 0. The normalized spacial score (nSPS) is 12.4. The van der Waals surface area contributed by atoms with Crippen LogP contribution in [0.15, 0.2) is 53.0 Å². The molecule has 2 aromatic carbocycles. The number of rotatable bonds is 3. The molecular weight excluding hydrogens is 363 g/mol. The quantitative estimate of drug-likeness (QED) is 0.597. The molecule has 0 aliphatic carbocycles. The monoisotopic (exact) mass is 372 g/mol. The summed E-state index contributed by atoms with van der Waals surface area (Å²) < 4.78 is 1.12. The minimum atomic E-state index is 0.314. The molecule has 88 valence electrons. The van der Waals surface area contributed by atoms with E-state index in [4.69, 9.17) is 11.6 Å². The van der Waals surface area contributed by atoms with Crippen LogP contribution in [0.25, 0.3) is 0 Å². The highest BCUT2D eigenvalue weighted by atomic mass is 79.9. The van der Waals surface area contributed by atoms with Crippen LogP contribution in [0, 0.1) is 0 Å². The molecule has 0 bridgehead atoms. The van der Waals surface area contributed by atoms with Gasteiger partial charge in [0.1, 0.15) is 0 Å².